The summed E-state index contributed by atoms with van der Waals surface area (Å²) in [4.78, 5) is 11.0. The van der Waals surface area contributed by atoms with Gasteiger partial charge in [-0.1, -0.05) is 43.5 Å². The maximum Gasteiger partial charge on any atom is 0.528 e. The van der Waals surface area contributed by atoms with E-state index in [0.717, 1.165) is 5.56 Å². The highest BCUT2D eigenvalue weighted by Gasteiger charge is 2.35. The van der Waals surface area contributed by atoms with Gasteiger partial charge in [0.1, 0.15) is 0 Å². The number of phosphoric acid groups is 1. The molecule has 136 valence electrons. The van der Waals surface area contributed by atoms with E-state index in [1.807, 2.05) is 12.1 Å². The summed E-state index contributed by atoms with van der Waals surface area (Å²) < 4.78 is 53.8. The summed E-state index contributed by atoms with van der Waals surface area (Å²) in [5.74, 6) is 0.567. The fourth-order valence-electron chi connectivity index (χ4n) is 3.04. The Morgan fingerprint density at radius 1 is 1.21 bits per heavy atom. The quantitative estimate of drug-likeness (QED) is 0.520. The standard InChI is InChI=1S/C16H22F3O4P/c17-16(18,19)23-24(20,21)22-11-5-7-13-6-4-10-15(12-13)14-8-2-1-3-9-14/h4,6,10,12,14H,1-3,5,7-9,11H2,(H,20,21)/p-1. The lowest BCUT2D eigenvalue weighted by atomic mass is 9.83. The van der Waals surface area contributed by atoms with Crippen molar-refractivity contribution in [1.29, 1.82) is 0 Å². The van der Waals surface area contributed by atoms with Crippen LogP contribution in [0, 0.1) is 0 Å². The SMILES string of the molecule is O=P([O-])(OCCCc1cccc(C2CCCCC2)c1)OC(F)(F)F. The first kappa shape index (κ1) is 19.4. The Bertz CT molecular complexity index is 571. The third-order valence-electron chi connectivity index (χ3n) is 4.10. The van der Waals surface area contributed by atoms with Gasteiger partial charge in [-0.05, 0) is 42.7 Å². The van der Waals surface area contributed by atoms with Crippen LogP contribution in [0.4, 0.5) is 13.2 Å². The number of alkyl halides is 3. The second-order valence-electron chi connectivity index (χ2n) is 6.00. The van der Waals surface area contributed by atoms with E-state index in [-0.39, 0.29) is 6.61 Å². The molecule has 0 aliphatic heterocycles. The van der Waals surface area contributed by atoms with Crippen LogP contribution in [0.3, 0.4) is 0 Å². The summed E-state index contributed by atoms with van der Waals surface area (Å²) in [6, 6.07) is 8.08. The predicted molar refractivity (Wildman–Crippen MR) is 81.3 cm³/mol. The van der Waals surface area contributed by atoms with Crippen molar-refractivity contribution in [2.45, 2.75) is 57.2 Å². The molecule has 1 aromatic carbocycles. The molecule has 8 heteroatoms. The van der Waals surface area contributed by atoms with Crippen LogP contribution in [-0.4, -0.2) is 13.0 Å². The van der Waals surface area contributed by atoms with Gasteiger partial charge in [0, 0.05) is 0 Å². The first-order valence-electron chi connectivity index (χ1n) is 8.07. The largest absolute Gasteiger partial charge is 0.756 e. The zero-order valence-electron chi connectivity index (χ0n) is 13.3. The second-order valence-corrected chi connectivity index (χ2v) is 7.34. The average molecular weight is 365 g/mol. The highest BCUT2D eigenvalue weighted by Crippen LogP contribution is 2.44. The Kier molecular flexibility index (Phi) is 6.87. The number of aryl methyl sites for hydroxylation is 1. The fourth-order valence-corrected chi connectivity index (χ4v) is 3.70. The van der Waals surface area contributed by atoms with Crippen LogP contribution in [-0.2, 0) is 20.0 Å². The third-order valence-corrected chi connectivity index (χ3v) is 5.03. The van der Waals surface area contributed by atoms with E-state index in [9.17, 15) is 22.6 Å². The van der Waals surface area contributed by atoms with Gasteiger partial charge in [-0.25, -0.2) is 4.52 Å². The predicted octanol–water partition coefficient (Wildman–Crippen LogP) is 4.69. The molecule has 1 atom stereocenters. The molecule has 0 spiro atoms. The van der Waals surface area contributed by atoms with Crippen molar-refractivity contribution < 1.29 is 31.7 Å². The number of rotatable bonds is 7. The molecule has 1 aromatic rings. The molecule has 2 rings (SSSR count). The lowest BCUT2D eigenvalue weighted by molar-refractivity contribution is -0.322. The number of hydrogen-bond acceptors (Lipinski definition) is 4. The summed E-state index contributed by atoms with van der Waals surface area (Å²) in [6.07, 6.45) is 1.69. The minimum absolute atomic E-state index is 0.293. The Balaban J connectivity index is 1.79. The van der Waals surface area contributed by atoms with Gasteiger partial charge < -0.3 is 9.42 Å². The van der Waals surface area contributed by atoms with Gasteiger partial charge in [0.05, 0.1) is 6.61 Å². The van der Waals surface area contributed by atoms with E-state index >= 15 is 0 Å². The normalized spacial score (nSPS) is 19.2. The molecule has 0 aromatic heterocycles. The van der Waals surface area contributed by atoms with Gasteiger partial charge in [-0.15, -0.1) is 13.2 Å². The summed E-state index contributed by atoms with van der Waals surface area (Å²) >= 11 is 0. The van der Waals surface area contributed by atoms with Gasteiger partial charge in [-0.3, -0.25) is 4.57 Å². The number of phosphoric ester groups is 1. The summed E-state index contributed by atoms with van der Waals surface area (Å²) in [5, 5.41) is 0. The summed E-state index contributed by atoms with van der Waals surface area (Å²) in [7, 11) is -5.34. The summed E-state index contributed by atoms with van der Waals surface area (Å²) in [5.41, 5.74) is 2.31. The number of hydrogen-bond donors (Lipinski definition) is 0. The van der Waals surface area contributed by atoms with Crippen LogP contribution in [0.2, 0.25) is 0 Å². The van der Waals surface area contributed by atoms with Gasteiger partial charge in [-0.2, -0.15) is 0 Å². The molecule has 0 radical (unpaired) electrons. The Hall–Kier alpha value is -0.880. The van der Waals surface area contributed by atoms with Crippen molar-refractivity contribution >= 4 is 7.82 Å². The number of benzene rings is 1. The van der Waals surface area contributed by atoms with Gasteiger partial charge in [0.15, 0.2) is 0 Å². The van der Waals surface area contributed by atoms with Crippen molar-refractivity contribution in [3.63, 3.8) is 0 Å². The van der Waals surface area contributed by atoms with Crippen LogP contribution in [0.5, 0.6) is 0 Å². The van der Waals surface area contributed by atoms with E-state index in [1.165, 1.54) is 37.7 Å². The third kappa shape index (κ3) is 6.93. The van der Waals surface area contributed by atoms with Crippen LogP contribution < -0.4 is 4.89 Å². The first-order valence-corrected chi connectivity index (χ1v) is 9.53. The highest BCUT2D eigenvalue weighted by molar-refractivity contribution is 7.45. The molecule has 0 heterocycles. The summed E-state index contributed by atoms with van der Waals surface area (Å²) in [6.45, 7) is -0.343. The molecule has 1 saturated carbocycles. The molecule has 0 N–H and O–H groups in total. The van der Waals surface area contributed by atoms with Gasteiger partial charge in [0.25, 0.3) is 7.82 Å². The molecule has 1 aliphatic rings. The molecule has 1 unspecified atom stereocenters. The van der Waals surface area contributed by atoms with E-state index in [2.05, 4.69) is 21.2 Å². The molecular weight excluding hydrogens is 344 g/mol. The molecular formula is C16H21F3O4P-. The van der Waals surface area contributed by atoms with E-state index in [0.29, 0.717) is 18.8 Å². The second kappa shape index (κ2) is 8.48. The van der Waals surface area contributed by atoms with E-state index in [4.69, 9.17) is 0 Å². The van der Waals surface area contributed by atoms with Gasteiger partial charge >= 0.3 is 6.36 Å². The highest BCUT2D eigenvalue weighted by atomic mass is 31.2. The molecule has 1 fully saturated rings. The van der Waals surface area contributed by atoms with Crippen molar-refractivity contribution in [3.05, 3.63) is 35.4 Å². The molecule has 0 amide bonds. The molecule has 0 saturated heterocycles. The Morgan fingerprint density at radius 2 is 1.92 bits per heavy atom. The monoisotopic (exact) mass is 365 g/mol. The maximum absolute atomic E-state index is 11.9. The maximum atomic E-state index is 11.9. The molecule has 24 heavy (non-hydrogen) atoms. The van der Waals surface area contributed by atoms with Crippen molar-refractivity contribution in [2.24, 2.45) is 0 Å². The average Bonchev–Trinajstić information content (AvgIpc) is 2.50. The smallest absolute Gasteiger partial charge is 0.528 e. The molecule has 1 aliphatic carbocycles. The molecule has 4 nitrogen and oxygen atoms in total. The van der Waals surface area contributed by atoms with Crippen LogP contribution in [0.1, 0.15) is 55.6 Å². The zero-order chi connectivity index (χ0) is 17.6. The molecule has 0 bridgehead atoms. The lowest BCUT2D eigenvalue weighted by Gasteiger charge is -2.23. The fraction of sp³-hybridized carbons (Fsp3) is 0.625. The minimum Gasteiger partial charge on any atom is -0.756 e. The first-order chi connectivity index (χ1) is 11.3. The van der Waals surface area contributed by atoms with Crippen molar-refractivity contribution in [3.8, 4) is 0 Å². The van der Waals surface area contributed by atoms with Crippen LogP contribution in [0.25, 0.3) is 0 Å². The Morgan fingerprint density at radius 3 is 2.58 bits per heavy atom. The van der Waals surface area contributed by atoms with Crippen molar-refractivity contribution in [2.75, 3.05) is 6.61 Å². The Labute approximate surface area is 139 Å². The van der Waals surface area contributed by atoms with E-state index in [1.54, 1.807) is 0 Å². The minimum atomic E-state index is -5.34. The topological polar surface area (TPSA) is 58.6 Å². The zero-order valence-corrected chi connectivity index (χ0v) is 14.2. The lowest BCUT2D eigenvalue weighted by Crippen LogP contribution is -2.19. The van der Waals surface area contributed by atoms with Gasteiger partial charge in [0.2, 0.25) is 0 Å². The van der Waals surface area contributed by atoms with Crippen molar-refractivity contribution in [1.82, 2.24) is 0 Å². The van der Waals surface area contributed by atoms with E-state index < -0.39 is 14.2 Å². The number of halogens is 3. The van der Waals surface area contributed by atoms with Crippen LogP contribution in [0.15, 0.2) is 24.3 Å². The van der Waals surface area contributed by atoms with Crippen LogP contribution >= 0.6 is 7.82 Å².